The van der Waals surface area contributed by atoms with Crippen LogP contribution >= 0.6 is 11.6 Å². The first kappa shape index (κ1) is 15.8. The number of ether oxygens (including phenoxy) is 1. The Morgan fingerprint density at radius 2 is 2.05 bits per heavy atom. The van der Waals surface area contributed by atoms with E-state index in [4.69, 9.17) is 22.1 Å². The lowest BCUT2D eigenvalue weighted by molar-refractivity contribution is -0.138. The average Bonchev–Trinajstić information content (AvgIpc) is 2.27. The minimum Gasteiger partial charge on any atom is -0.496 e. The number of carbonyl (C=O) groups is 1. The van der Waals surface area contributed by atoms with Gasteiger partial charge in [-0.3, -0.25) is 4.79 Å². The second-order valence-corrected chi connectivity index (χ2v) is 5.89. The molecule has 0 aliphatic rings. The number of carboxylic acid groups (broad SMARTS) is 1. The van der Waals surface area contributed by atoms with Crippen molar-refractivity contribution >= 4 is 17.6 Å². The largest absolute Gasteiger partial charge is 0.496 e. The van der Waals surface area contributed by atoms with Crippen LogP contribution in [0.4, 0.5) is 0 Å². The van der Waals surface area contributed by atoms with Crippen molar-refractivity contribution in [3.8, 4) is 5.75 Å². The Labute approximate surface area is 118 Å². The molecule has 1 atom stereocenters. The predicted octanol–water partition coefficient (Wildman–Crippen LogP) is 2.77. The van der Waals surface area contributed by atoms with Crippen LogP contribution < -0.4 is 10.5 Å². The number of methoxy groups -OCH3 is 1. The molecule has 106 valence electrons. The molecule has 1 unspecified atom stereocenters. The zero-order valence-electron chi connectivity index (χ0n) is 11.7. The summed E-state index contributed by atoms with van der Waals surface area (Å²) in [4.78, 5) is 11.3. The van der Waals surface area contributed by atoms with Gasteiger partial charge in [0.15, 0.2) is 0 Å². The molecule has 0 radical (unpaired) electrons. The van der Waals surface area contributed by atoms with Crippen molar-refractivity contribution in [1.82, 2.24) is 0 Å². The zero-order chi connectivity index (χ0) is 14.8. The van der Waals surface area contributed by atoms with E-state index in [1.807, 2.05) is 20.8 Å². The van der Waals surface area contributed by atoms with Gasteiger partial charge in [0.2, 0.25) is 0 Å². The highest BCUT2D eigenvalue weighted by Gasteiger charge is 2.28. The Kier molecular flexibility index (Phi) is 4.82. The average molecular weight is 286 g/mol. The Hall–Kier alpha value is -1.26. The van der Waals surface area contributed by atoms with E-state index in [0.29, 0.717) is 16.3 Å². The summed E-state index contributed by atoms with van der Waals surface area (Å²) in [6.07, 6.45) is 0. The molecule has 3 N–H and O–H groups in total. The zero-order valence-corrected chi connectivity index (χ0v) is 12.4. The van der Waals surface area contributed by atoms with E-state index in [-0.39, 0.29) is 12.0 Å². The Balaban J connectivity index is 3.56. The van der Waals surface area contributed by atoms with Gasteiger partial charge in [-0.05, 0) is 17.5 Å². The van der Waals surface area contributed by atoms with Gasteiger partial charge in [0.05, 0.1) is 13.0 Å². The molecular formula is C14H20ClNO3. The summed E-state index contributed by atoms with van der Waals surface area (Å²) < 4.78 is 5.41. The second-order valence-electron chi connectivity index (χ2n) is 5.45. The highest BCUT2D eigenvalue weighted by Crippen LogP contribution is 2.39. The minimum absolute atomic E-state index is 0.00435. The number of hydrogen-bond donors (Lipinski definition) is 2. The van der Waals surface area contributed by atoms with Crippen molar-refractivity contribution in [2.24, 2.45) is 5.73 Å². The lowest BCUT2D eigenvalue weighted by Gasteiger charge is -2.26. The van der Waals surface area contributed by atoms with Gasteiger partial charge in [-0.15, -0.1) is 0 Å². The van der Waals surface area contributed by atoms with Crippen molar-refractivity contribution in [3.05, 3.63) is 28.3 Å². The van der Waals surface area contributed by atoms with Gasteiger partial charge in [0.1, 0.15) is 5.75 Å². The van der Waals surface area contributed by atoms with Crippen LogP contribution in [0.15, 0.2) is 12.1 Å². The molecule has 5 heteroatoms. The Bertz CT molecular complexity index is 480. The van der Waals surface area contributed by atoms with Crippen molar-refractivity contribution in [2.75, 3.05) is 13.7 Å². The van der Waals surface area contributed by atoms with Gasteiger partial charge in [-0.2, -0.15) is 0 Å². The lowest BCUT2D eigenvalue weighted by atomic mass is 9.83. The third-order valence-corrected chi connectivity index (χ3v) is 3.22. The maximum Gasteiger partial charge on any atom is 0.312 e. The molecule has 0 aliphatic carbocycles. The molecule has 1 aromatic carbocycles. The molecule has 1 aromatic rings. The number of benzene rings is 1. The van der Waals surface area contributed by atoms with E-state index in [0.717, 1.165) is 5.56 Å². The standard InChI is InChI=1S/C14H20ClNO3/c1-14(2,3)11-6-8(15)5-9(12(11)19-4)10(7-16)13(17)18/h5-6,10H,7,16H2,1-4H3,(H,17,18). The van der Waals surface area contributed by atoms with Crippen LogP contribution in [0.1, 0.15) is 37.8 Å². The van der Waals surface area contributed by atoms with Crippen LogP contribution in [0.5, 0.6) is 5.75 Å². The summed E-state index contributed by atoms with van der Waals surface area (Å²) in [6.45, 7) is 6.05. The third kappa shape index (κ3) is 3.39. The second kappa shape index (κ2) is 5.80. The van der Waals surface area contributed by atoms with E-state index in [1.54, 1.807) is 12.1 Å². The van der Waals surface area contributed by atoms with E-state index in [9.17, 15) is 9.90 Å². The van der Waals surface area contributed by atoms with Crippen molar-refractivity contribution in [2.45, 2.75) is 32.1 Å². The molecule has 0 aromatic heterocycles. The van der Waals surface area contributed by atoms with E-state index >= 15 is 0 Å². The fourth-order valence-corrected chi connectivity index (χ4v) is 2.25. The highest BCUT2D eigenvalue weighted by molar-refractivity contribution is 6.30. The molecule has 0 spiro atoms. The van der Waals surface area contributed by atoms with Crippen LogP contribution in [0, 0.1) is 0 Å². The predicted molar refractivity (Wildman–Crippen MR) is 76.1 cm³/mol. The van der Waals surface area contributed by atoms with Gasteiger partial charge in [-0.25, -0.2) is 0 Å². The molecule has 1 rings (SSSR count). The van der Waals surface area contributed by atoms with Gasteiger partial charge < -0.3 is 15.6 Å². The molecule has 0 heterocycles. The first-order valence-electron chi connectivity index (χ1n) is 6.03. The molecule has 0 saturated heterocycles. The SMILES string of the molecule is COc1c(C(CN)C(=O)O)cc(Cl)cc1C(C)(C)C. The maximum absolute atomic E-state index is 11.3. The molecule has 4 nitrogen and oxygen atoms in total. The summed E-state index contributed by atoms with van der Waals surface area (Å²) in [6, 6.07) is 3.42. The lowest BCUT2D eigenvalue weighted by Crippen LogP contribution is -2.23. The first-order chi connectivity index (χ1) is 8.72. The molecule has 0 fully saturated rings. The van der Waals surface area contributed by atoms with Crippen LogP contribution in [0.2, 0.25) is 5.02 Å². The van der Waals surface area contributed by atoms with Gasteiger partial charge in [0.25, 0.3) is 0 Å². The van der Waals surface area contributed by atoms with E-state index in [2.05, 4.69) is 0 Å². The van der Waals surface area contributed by atoms with Crippen molar-refractivity contribution in [1.29, 1.82) is 0 Å². The third-order valence-electron chi connectivity index (χ3n) is 3.00. The quantitative estimate of drug-likeness (QED) is 0.892. The molecule has 0 amide bonds. The number of hydrogen-bond acceptors (Lipinski definition) is 3. The molecule has 0 aliphatic heterocycles. The molecule has 19 heavy (non-hydrogen) atoms. The van der Waals surface area contributed by atoms with Crippen LogP contribution in [0.3, 0.4) is 0 Å². The summed E-state index contributed by atoms with van der Waals surface area (Å²) in [5.41, 5.74) is 6.75. The topological polar surface area (TPSA) is 72.5 Å². The summed E-state index contributed by atoms with van der Waals surface area (Å²) in [5, 5.41) is 9.74. The maximum atomic E-state index is 11.3. The fourth-order valence-electron chi connectivity index (χ4n) is 2.02. The number of aliphatic carboxylic acids is 1. The van der Waals surface area contributed by atoms with Crippen LogP contribution in [-0.4, -0.2) is 24.7 Å². The number of carboxylic acids is 1. The van der Waals surface area contributed by atoms with Gasteiger partial charge >= 0.3 is 5.97 Å². The first-order valence-corrected chi connectivity index (χ1v) is 6.41. The minimum atomic E-state index is -0.983. The monoisotopic (exact) mass is 285 g/mol. The smallest absolute Gasteiger partial charge is 0.312 e. The fraction of sp³-hybridized carbons (Fsp3) is 0.500. The molecular weight excluding hydrogens is 266 g/mol. The number of halogens is 1. The summed E-state index contributed by atoms with van der Waals surface area (Å²) >= 11 is 6.10. The normalized spacial score (nSPS) is 13.2. The van der Waals surface area contributed by atoms with Crippen LogP contribution in [-0.2, 0) is 10.2 Å². The van der Waals surface area contributed by atoms with E-state index < -0.39 is 11.9 Å². The van der Waals surface area contributed by atoms with Crippen molar-refractivity contribution < 1.29 is 14.6 Å². The van der Waals surface area contributed by atoms with Gasteiger partial charge in [0, 0.05) is 22.7 Å². The van der Waals surface area contributed by atoms with Gasteiger partial charge in [-0.1, -0.05) is 32.4 Å². The van der Waals surface area contributed by atoms with Crippen LogP contribution in [0.25, 0.3) is 0 Å². The Morgan fingerprint density at radius 3 is 2.42 bits per heavy atom. The van der Waals surface area contributed by atoms with E-state index in [1.165, 1.54) is 7.11 Å². The highest BCUT2D eigenvalue weighted by atomic mass is 35.5. The number of rotatable bonds is 4. The summed E-state index contributed by atoms with van der Waals surface area (Å²) in [7, 11) is 1.53. The van der Waals surface area contributed by atoms with Crippen molar-refractivity contribution in [3.63, 3.8) is 0 Å². The Morgan fingerprint density at radius 1 is 1.47 bits per heavy atom. The number of nitrogens with two attached hydrogens (primary N) is 1. The molecule has 0 bridgehead atoms. The molecule has 0 saturated carbocycles. The summed E-state index contributed by atoms with van der Waals surface area (Å²) in [5.74, 6) is -1.26.